The second-order valence-electron chi connectivity index (χ2n) is 4.40. The Bertz CT molecular complexity index is 719. The molecule has 0 bridgehead atoms. The normalized spacial score (nSPS) is 12.8. The smallest absolute Gasteiger partial charge is 0.253 e. The SMILES string of the molecule is CCn1cc(CS(=O)(=O)Cc2cc(C(F)(F)F)cs2)nn1. The van der Waals surface area contributed by atoms with Crippen molar-refractivity contribution in [2.75, 3.05) is 0 Å². The third-order valence-electron chi connectivity index (χ3n) is 2.62. The van der Waals surface area contributed by atoms with E-state index < -0.39 is 27.3 Å². The quantitative estimate of drug-likeness (QED) is 0.839. The highest BCUT2D eigenvalue weighted by molar-refractivity contribution is 7.89. The number of aryl methyl sites for hydroxylation is 1. The molecule has 0 amide bonds. The van der Waals surface area contributed by atoms with Crippen LogP contribution in [0.25, 0.3) is 0 Å². The minimum absolute atomic E-state index is 0.158. The molecule has 5 nitrogen and oxygen atoms in total. The van der Waals surface area contributed by atoms with E-state index in [1.165, 1.54) is 10.9 Å². The molecule has 2 aromatic rings. The van der Waals surface area contributed by atoms with Gasteiger partial charge in [0, 0.05) is 23.0 Å². The van der Waals surface area contributed by atoms with Crippen LogP contribution in [0.2, 0.25) is 0 Å². The maximum Gasteiger partial charge on any atom is 0.417 e. The van der Waals surface area contributed by atoms with E-state index >= 15 is 0 Å². The summed E-state index contributed by atoms with van der Waals surface area (Å²) in [6, 6.07) is 0.866. The number of alkyl halides is 3. The molecule has 2 rings (SSSR count). The fourth-order valence-electron chi connectivity index (χ4n) is 1.66. The van der Waals surface area contributed by atoms with Gasteiger partial charge in [0.05, 0.1) is 22.8 Å². The van der Waals surface area contributed by atoms with Gasteiger partial charge in [0.25, 0.3) is 0 Å². The molecule has 0 N–H and O–H groups in total. The average Bonchev–Trinajstić information content (AvgIpc) is 2.96. The second kappa shape index (κ2) is 5.76. The fourth-order valence-corrected chi connectivity index (χ4v) is 4.34. The van der Waals surface area contributed by atoms with Gasteiger partial charge in [0.2, 0.25) is 0 Å². The van der Waals surface area contributed by atoms with Crippen molar-refractivity contribution in [1.82, 2.24) is 15.0 Å². The summed E-state index contributed by atoms with van der Waals surface area (Å²) in [6.45, 7) is 2.39. The summed E-state index contributed by atoms with van der Waals surface area (Å²) in [7, 11) is -3.59. The Morgan fingerprint density at radius 2 is 2.05 bits per heavy atom. The maximum atomic E-state index is 12.5. The van der Waals surface area contributed by atoms with Gasteiger partial charge in [-0.2, -0.15) is 13.2 Å². The number of hydrogen-bond donors (Lipinski definition) is 0. The van der Waals surface area contributed by atoms with Crippen molar-refractivity contribution in [1.29, 1.82) is 0 Å². The van der Waals surface area contributed by atoms with Gasteiger partial charge in [-0.25, -0.2) is 8.42 Å². The van der Waals surface area contributed by atoms with Gasteiger partial charge >= 0.3 is 6.18 Å². The Hall–Kier alpha value is -1.42. The van der Waals surface area contributed by atoms with Crippen LogP contribution in [0.5, 0.6) is 0 Å². The predicted molar refractivity (Wildman–Crippen MR) is 71.3 cm³/mol. The standard InChI is InChI=1S/C11H12F3N3O2S2/c1-2-17-4-9(15-16-17)6-21(18,19)7-10-3-8(5-20-10)11(12,13)14/h3-5H,2,6-7H2,1H3. The summed E-state index contributed by atoms with van der Waals surface area (Å²) in [5.74, 6) is -0.779. The van der Waals surface area contributed by atoms with Gasteiger partial charge in [0.15, 0.2) is 9.84 Å². The lowest BCUT2D eigenvalue weighted by atomic mass is 10.3. The number of nitrogens with zero attached hydrogens (tertiary/aromatic N) is 3. The summed E-state index contributed by atoms with van der Waals surface area (Å²) < 4.78 is 62.8. The van der Waals surface area contributed by atoms with Gasteiger partial charge in [0.1, 0.15) is 0 Å². The highest BCUT2D eigenvalue weighted by Crippen LogP contribution is 2.33. The maximum absolute atomic E-state index is 12.5. The van der Waals surface area contributed by atoms with Gasteiger partial charge in [-0.05, 0) is 13.0 Å². The van der Waals surface area contributed by atoms with Crippen LogP contribution in [0.4, 0.5) is 13.2 Å². The Morgan fingerprint density at radius 1 is 1.33 bits per heavy atom. The van der Waals surface area contributed by atoms with E-state index in [0.29, 0.717) is 6.54 Å². The van der Waals surface area contributed by atoms with Crippen LogP contribution in [-0.2, 0) is 34.1 Å². The summed E-state index contributed by atoms with van der Waals surface area (Å²) in [6.07, 6.45) is -2.95. The lowest BCUT2D eigenvalue weighted by Gasteiger charge is -2.02. The number of thiophene rings is 1. The Balaban J connectivity index is 2.08. The van der Waals surface area contributed by atoms with Crippen molar-refractivity contribution < 1.29 is 21.6 Å². The number of halogens is 3. The fraction of sp³-hybridized carbons (Fsp3) is 0.455. The van der Waals surface area contributed by atoms with Crippen molar-refractivity contribution >= 4 is 21.2 Å². The summed E-state index contributed by atoms with van der Waals surface area (Å²) in [5, 5.41) is 8.35. The van der Waals surface area contributed by atoms with E-state index in [9.17, 15) is 21.6 Å². The van der Waals surface area contributed by atoms with Gasteiger partial charge in [-0.3, -0.25) is 4.68 Å². The largest absolute Gasteiger partial charge is 0.417 e. The molecule has 0 aliphatic rings. The molecule has 0 aliphatic carbocycles. The molecule has 2 heterocycles. The molecule has 0 saturated heterocycles. The Kier molecular flexibility index (Phi) is 4.38. The van der Waals surface area contributed by atoms with E-state index in [0.717, 1.165) is 22.8 Å². The zero-order valence-electron chi connectivity index (χ0n) is 11.0. The van der Waals surface area contributed by atoms with Crippen molar-refractivity contribution in [2.24, 2.45) is 0 Å². The van der Waals surface area contributed by atoms with Crippen molar-refractivity contribution in [3.05, 3.63) is 33.8 Å². The molecule has 0 fully saturated rings. The molecular weight excluding hydrogens is 327 g/mol. The highest BCUT2D eigenvalue weighted by atomic mass is 32.2. The van der Waals surface area contributed by atoms with Crippen LogP contribution in [0.1, 0.15) is 23.1 Å². The molecule has 0 unspecified atom stereocenters. The minimum Gasteiger partial charge on any atom is -0.253 e. The molecule has 0 aliphatic heterocycles. The van der Waals surface area contributed by atoms with Crippen molar-refractivity contribution in [2.45, 2.75) is 31.2 Å². The van der Waals surface area contributed by atoms with Crippen LogP contribution >= 0.6 is 11.3 Å². The van der Waals surface area contributed by atoms with Gasteiger partial charge in [-0.1, -0.05) is 5.21 Å². The van der Waals surface area contributed by atoms with Crippen LogP contribution in [0.15, 0.2) is 17.6 Å². The van der Waals surface area contributed by atoms with E-state index in [-0.39, 0.29) is 16.3 Å². The zero-order valence-corrected chi connectivity index (χ0v) is 12.6. The third-order valence-corrected chi connectivity index (χ3v) is 5.23. The molecule has 116 valence electrons. The molecule has 0 atom stereocenters. The molecule has 21 heavy (non-hydrogen) atoms. The van der Waals surface area contributed by atoms with Crippen LogP contribution in [-0.4, -0.2) is 23.4 Å². The molecule has 2 aromatic heterocycles. The van der Waals surface area contributed by atoms with Gasteiger partial charge < -0.3 is 0 Å². The Morgan fingerprint density at radius 3 is 2.57 bits per heavy atom. The molecular formula is C11H12F3N3O2S2. The van der Waals surface area contributed by atoms with E-state index in [1.807, 2.05) is 6.92 Å². The predicted octanol–water partition coefficient (Wildman–Crippen LogP) is 2.49. The summed E-state index contributed by atoms with van der Waals surface area (Å²) in [5.41, 5.74) is -0.543. The zero-order chi connectivity index (χ0) is 15.7. The molecule has 0 spiro atoms. The van der Waals surface area contributed by atoms with Gasteiger partial charge in [-0.15, -0.1) is 16.4 Å². The first-order valence-electron chi connectivity index (χ1n) is 5.93. The van der Waals surface area contributed by atoms with Crippen LogP contribution < -0.4 is 0 Å². The van der Waals surface area contributed by atoms with E-state index in [2.05, 4.69) is 10.3 Å². The number of rotatable bonds is 5. The highest BCUT2D eigenvalue weighted by Gasteiger charge is 2.32. The second-order valence-corrected chi connectivity index (χ2v) is 7.46. The molecule has 0 radical (unpaired) electrons. The molecule has 0 aromatic carbocycles. The topological polar surface area (TPSA) is 64.8 Å². The molecule has 10 heteroatoms. The van der Waals surface area contributed by atoms with Crippen LogP contribution in [0.3, 0.4) is 0 Å². The van der Waals surface area contributed by atoms with Crippen LogP contribution in [0, 0.1) is 0 Å². The Labute approximate surface area is 123 Å². The van der Waals surface area contributed by atoms with E-state index in [4.69, 9.17) is 0 Å². The number of hydrogen-bond acceptors (Lipinski definition) is 5. The minimum atomic E-state index is -4.46. The number of aromatic nitrogens is 3. The first kappa shape index (κ1) is 16.0. The molecule has 0 saturated carbocycles. The lowest BCUT2D eigenvalue weighted by molar-refractivity contribution is -0.137. The average molecular weight is 339 g/mol. The van der Waals surface area contributed by atoms with E-state index in [1.54, 1.807) is 0 Å². The summed E-state index contributed by atoms with van der Waals surface area (Å²) >= 11 is 0.783. The first-order valence-corrected chi connectivity index (χ1v) is 8.64. The monoisotopic (exact) mass is 339 g/mol. The third kappa shape index (κ3) is 4.27. The number of sulfone groups is 1. The van der Waals surface area contributed by atoms with Crippen molar-refractivity contribution in [3.63, 3.8) is 0 Å². The lowest BCUT2D eigenvalue weighted by Crippen LogP contribution is -2.07. The van der Waals surface area contributed by atoms with Crippen molar-refractivity contribution in [3.8, 4) is 0 Å². The first-order chi connectivity index (χ1) is 9.69. The summed E-state index contributed by atoms with van der Waals surface area (Å²) in [4.78, 5) is 0.158.